The molecule has 3 atom stereocenters. The molecular weight excluding hydrogens is 240 g/mol. The van der Waals surface area contributed by atoms with Crippen LogP contribution in [0.25, 0.3) is 0 Å². The summed E-state index contributed by atoms with van der Waals surface area (Å²) in [7, 11) is 1.71. The first-order valence-electron chi connectivity index (χ1n) is 6.84. The van der Waals surface area contributed by atoms with Crippen LogP contribution < -0.4 is 16.0 Å². The van der Waals surface area contributed by atoms with E-state index in [1.165, 1.54) is 5.56 Å². The Morgan fingerprint density at radius 3 is 2.63 bits per heavy atom. The van der Waals surface area contributed by atoms with Crippen LogP contribution >= 0.6 is 0 Å². The summed E-state index contributed by atoms with van der Waals surface area (Å²) in [5.74, 6) is 6.66. The Hall–Kier alpha value is -1.10. The average molecular weight is 264 g/mol. The number of benzene rings is 1. The van der Waals surface area contributed by atoms with E-state index >= 15 is 0 Å². The summed E-state index contributed by atoms with van der Waals surface area (Å²) in [6.07, 6.45) is 2.51. The van der Waals surface area contributed by atoms with Crippen molar-refractivity contribution in [2.75, 3.05) is 7.11 Å². The van der Waals surface area contributed by atoms with Gasteiger partial charge in [-0.2, -0.15) is 0 Å². The predicted octanol–water partition coefficient (Wildman–Crippen LogP) is 2.38. The van der Waals surface area contributed by atoms with Gasteiger partial charge in [0, 0.05) is 5.56 Å². The summed E-state index contributed by atoms with van der Waals surface area (Å²) in [4.78, 5) is 0. The molecule has 1 aromatic carbocycles. The fraction of sp³-hybridized carbons (Fsp3) is 0.600. The van der Waals surface area contributed by atoms with Gasteiger partial charge in [-0.25, -0.2) is 0 Å². The highest BCUT2D eigenvalue weighted by Crippen LogP contribution is 2.36. The number of hydrogen-bond donors (Lipinski definition) is 2. The summed E-state index contributed by atoms with van der Waals surface area (Å²) in [5.41, 5.74) is 6.35. The van der Waals surface area contributed by atoms with E-state index in [0.29, 0.717) is 6.10 Å². The third kappa shape index (κ3) is 2.76. The van der Waals surface area contributed by atoms with Gasteiger partial charge in [0.1, 0.15) is 5.75 Å². The molecule has 2 rings (SSSR count). The maximum Gasteiger partial charge on any atom is 0.126 e. The molecule has 3 unspecified atom stereocenters. The van der Waals surface area contributed by atoms with Crippen molar-refractivity contribution in [1.29, 1.82) is 0 Å². The van der Waals surface area contributed by atoms with E-state index in [1.807, 2.05) is 0 Å². The van der Waals surface area contributed by atoms with Gasteiger partial charge in [-0.05, 0) is 44.7 Å². The summed E-state index contributed by atoms with van der Waals surface area (Å²) >= 11 is 0. The molecule has 1 aliphatic heterocycles. The fourth-order valence-corrected chi connectivity index (χ4v) is 2.80. The van der Waals surface area contributed by atoms with Crippen molar-refractivity contribution >= 4 is 0 Å². The van der Waals surface area contributed by atoms with E-state index < -0.39 is 0 Å². The van der Waals surface area contributed by atoms with Gasteiger partial charge in [-0.1, -0.05) is 12.1 Å². The van der Waals surface area contributed by atoms with Crippen molar-refractivity contribution in [1.82, 2.24) is 5.43 Å². The first-order valence-corrected chi connectivity index (χ1v) is 6.84. The Bertz CT molecular complexity index is 448. The summed E-state index contributed by atoms with van der Waals surface area (Å²) in [5, 5.41) is 0. The smallest absolute Gasteiger partial charge is 0.126 e. The van der Waals surface area contributed by atoms with Gasteiger partial charge >= 0.3 is 0 Å². The third-order valence-electron chi connectivity index (χ3n) is 4.06. The largest absolute Gasteiger partial charge is 0.496 e. The molecule has 0 bridgehead atoms. The molecule has 1 fully saturated rings. The first kappa shape index (κ1) is 14.3. The highest BCUT2D eigenvalue weighted by molar-refractivity contribution is 5.47. The van der Waals surface area contributed by atoms with Crippen LogP contribution in [0.1, 0.15) is 42.5 Å². The number of rotatable bonds is 4. The highest BCUT2D eigenvalue weighted by atomic mass is 16.5. The number of aryl methyl sites for hydroxylation is 1. The van der Waals surface area contributed by atoms with E-state index in [-0.39, 0.29) is 12.1 Å². The van der Waals surface area contributed by atoms with Crippen LogP contribution in [0.4, 0.5) is 0 Å². The minimum atomic E-state index is -0.0285. The van der Waals surface area contributed by atoms with Gasteiger partial charge < -0.3 is 9.47 Å². The molecule has 1 aliphatic rings. The van der Waals surface area contributed by atoms with Crippen molar-refractivity contribution < 1.29 is 9.47 Å². The molecule has 0 aliphatic carbocycles. The Labute approximate surface area is 115 Å². The monoisotopic (exact) mass is 264 g/mol. The average Bonchev–Trinajstić information content (AvgIpc) is 2.81. The van der Waals surface area contributed by atoms with Crippen LogP contribution in [-0.2, 0) is 4.74 Å². The zero-order chi connectivity index (χ0) is 14.0. The van der Waals surface area contributed by atoms with Gasteiger partial charge in [-0.15, -0.1) is 0 Å². The maximum absolute atomic E-state index is 5.94. The molecule has 0 radical (unpaired) electrons. The van der Waals surface area contributed by atoms with Crippen molar-refractivity contribution in [2.45, 2.75) is 51.9 Å². The van der Waals surface area contributed by atoms with Gasteiger partial charge in [0.2, 0.25) is 0 Å². The SMILES string of the molecule is COc1c(C(NN)C2CCC(C)O2)ccc(C)c1C. The lowest BCUT2D eigenvalue weighted by molar-refractivity contribution is 0.0310. The van der Waals surface area contributed by atoms with Gasteiger partial charge in [0.15, 0.2) is 0 Å². The second kappa shape index (κ2) is 5.90. The number of methoxy groups -OCH3 is 1. The minimum Gasteiger partial charge on any atom is -0.496 e. The molecular formula is C15H24N2O2. The number of nitrogens with one attached hydrogen (secondary N) is 1. The lowest BCUT2D eigenvalue weighted by Gasteiger charge is -2.26. The van der Waals surface area contributed by atoms with Crippen molar-refractivity contribution in [3.05, 3.63) is 28.8 Å². The molecule has 0 amide bonds. The number of hydrogen-bond acceptors (Lipinski definition) is 4. The lowest BCUT2D eigenvalue weighted by atomic mass is 9.95. The fourth-order valence-electron chi connectivity index (χ4n) is 2.80. The molecule has 0 aromatic heterocycles. The Morgan fingerprint density at radius 2 is 2.11 bits per heavy atom. The Balaban J connectivity index is 2.35. The van der Waals surface area contributed by atoms with Crippen molar-refractivity contribution in [3.8, 4) is 5.75 Å². The normalized spacial score (nSPS) is 24.5. The van der Waals surface area contributed by atoms with Crippen LogP contribution in [0, 0.1) is 13.8 Å². The van der Waals surface area contributed by atoms with Crippen LogP contribution in [0.2, 0.25) is 0 Å². The number of hydrazine groups is 1. The molecule has 1 heterocycles. The molecule has 4 heteroatoms. The van der Waals surface area contributed by atoms with Crippen LogP contribution in [0.15, 0.2) is 12.1 Å². The standard InChI is InChI=1S/C15H24N2O2/c1-9-5-7-12(15(18-4)11(9)3)14(17-16)13-8-6-10(2)19-13/h5,7,10,13-14,17H,6,8,16H2,1-4H3. The summed E-state index contributed by atoms with van der Waals surface area (Å²) in [6.45, 7) is 6.26. The van der Waals surface area contributed by atoms with Crippen molar-refractivity contribution in [3.63, 3.8) is 0 Å². The predicted molar refractivity (Wildman–Crippen MR) is 76.1 cm³/mol. The van der Waals surface area contributed by atoms with Crippen LogP contribution in [0.5, 0.6) is 5.75 Å². The molecule has 19 heavy (non-hydrogen) atoms. The molecule has 1 aromatic rings. The highest BCUT2D eigenvalue weighted by Gasteiger charge is 2.32. The number of ether oxygens (including phenoxy) is 2. The van der Waals surface area contributed by atoms with Gasteiger partial charge in [0.25, 0.3) is 0 Å². The molecule has 4 nitrogen and oxygen atoms in total. The molecule has 3 N–H and O–H groups in total. The Kier molecular flexibility index (Phi) is 4.45. The summed E-state index contributed by atoms with van der Waals surface area (Å²) < 4.78 is 11.5. The summed E-state index contributed by atoms with van der Waals surface area (Å²) in [6, 6.07) is 4.16. The van der Waals surface area contributed by atoms with E-state index in [0.717, 1.165) is 29.7 Å². The topological polar surface area (TPSA) is 56.5 Å². The molecule has 0 saturated carbocycles. The lowest BCUT2D eigenvalue weighted by Crippen LogP contribution is -2.37. The van der Waals surface area contributed by atoms with E-state index in [2.05, 4.69) is 38.3 Å². The second-order valence-electron chi connectivity index (χ2n) is 5.34. The van der Waals surface area contributed by atoms with E-state index in [4.69, 9.17) is 15.3 Å². The zero-order valence-electron chi connectivity index (χ0n) is 12.2. The van der Waals surface area contributed by atoms with Gasteiger partial charge in [0.05, 0.1) is 25.4 Å². The van der Waals surface area contributed by atoms with Crippen molar-refractivity contribution in [2.24, 2.45) is 5.84 Å². The number of nitrogens with two attached hydrogens (primary N) is 1. The van der Waals surface area contributed by atoms with E-state index in [1.54, 1.807) is 7.11 Å². The van der Waals surface area contributed by atoms with E-state index in [9.17, 15) is 0 Å². The third-order valence-corrected chi connectivity index (χ3v) is 4.06. The zero-order valence-corrected chi connectivity index (χ0v) is 12.2. The molecule has 0 spiro atoms. The van der Waals surface area contributed by atoms with Gasteiger partial charge in [-0.3, -0.25) is 11.3 Å². The maximum atomic E-state index is 5.94. The van der Waals surface area contributed by atoms with Crippen LogP contribution in [-0.4, -0.2) is 19.3 Å². The minimum absolute atomic E-state index is 0.0285. The second-order valence-corrected chi connectivity index (χ2v) is 5.34. The van der Waals surface area contributed by atoms with Crippen LogP contribution in [0.3, 0.4) is 0 Å². The first-order chi connectivity index (χ1) is 9.08. The molecule has 1 saturated heterocycles. The quantitative estimate of drug-likeness (QED) is 0.647. The Morgan fingerprint density at radius 1 is 1.37 bits per heavy atom. The molecule has 106 valence electrons.